The second kappa shape index (κ2) is 16.0. The molecule has 0 aromatic carbocycles. The third kappa shape index (κ3) is 15.7. The van der Waals surface area contributed by atoms with Crippen molar-refractivity contribution in [3.8, 4) is 0 Å². The van der Waals surface area contributed by atoms with Gasteiger partial charge in [-0.2, -0.15) is 0 Å². The molecule has 0 aliphatic carbocycles. The highest BCUT2D eigenvalue weighted by atomic mass is 15.3. The molecule has 0 fully saturated rings. The van der Waals surface area contributed by atoms with Gasteiger partial charge in [-0.25, -0.2) is 0 Å². The monoisotopic (exact) mass is 146 g/mol. The fourth-order valence-corrected chi connectivity index (χ4v) is 0.588. The Morgan fingerprint density at radius 1 is 1.10 bits per heavy atom. The molecule has 0 amide bonds. The van der Waals surface area contributed by atoms with Gasteiger partial charge < -0.3 is 0 Å². The van der Waals surface area contributed by atoms with E-state index in [1.165, 1.54) is 19.3 Å². The van der Waals surface area contributed by atoms with Crippen LogP contribution in [0.15, 0.2) is 0 Å². The van der Waals surface area contributed by atoms with Gasteiger partial charge in [-0.1, -0.05) is 33.6 Å². The van der Waals surface area contributed by atoms with Crippen LogP contribution in [0.1, 0.15) is 40.0 Å². The molecule has 2 N–H and O–H groups in total. The van der Waals surface area contributed by atoms with E-state index in [2.05, 4.69) is 17.8 Å². The first kappa shape index (κ1) is 12.6. The molecule has 0 radical (unpaired) electrons. The number of rotatable bonds is 5. The van der Waals surface area contributed by atoms with Crippen LogP contribution in [-0.4, -0.2) is 13.6 Å². The minimum absolute atomic E-state index is 1.09. The van der Waals surface area contributed by atoms with Crippen molar-refractivity contribution in [3.05, 3.63) is 0 Å². The molecule has 0 rings (SSSR count). The Hall–Kier alpha value is -0.0800. The van der Waals surface area contributed by atoms with Crippen molar-refractivity contribution < 1.29 is 0 Å². The van der Waals surface area contributed by atoms with Gasteiger partial charge in [0.1, 0.15) is 0 Å². The lowest BCUT2D eigenvalue weighted by atomic mass is 10.3. The first-order valence-electron chi connectivity index (χ1n) is 4.31. The van der Waals surface area contributed by atoms with Crippen molar-refractivity contribution >= 4 is 0 Å². The fraction of sp³-hybridized carbons (Fsp3) is 1.00. The highest BCUT2D eigenvalue weighted by Crippen LogP contribution is 1.89. The SMILES string of the molecule is CC.CCCCCNNC. The Kier molecular flexibility index (Phi) is 20.1. The smallest absolute Gasteiger partial charge is 0.00996 e. The molecule has 0 heterocycles. The van der Waals surface area contributed by atoms with Crippen LogP contribution in [0, 0.1) is 0 Å². The predicted octanol–water partition coefficient (Wildman–Crippen LogP) is 1.93. The Labute approximate surface area is 65.4 Å². The van der Waals surface area contributed by atoms with Gasteiger partial charge in [0.05, 0.1) is 0 Å². The molecular weight excluding hydrogens is 124 g/mol. The number of nitrogens with one attached hydrogen (secondary N) is 2. The summed E-state index contributed by atoms with van der Waals surface area (Å²) < 4.78 is 0. The van der Waals surface area contributed by atoms with Crippen molar-refractivity contribution in [1.82, 2.24) is 10.9 Å². The number of hydrogen-bond donors (Lipinski definition) is 2. The van der Waals surface area contributed by atoms with E-state index in [0.29, 0.717) is 0 Å². The molecule has 0 aliphatic rings. The van der Waals surface area contributed by atoms with Crippen LogP contribution in [0.3, 0.4) is 0 Å². The average molecular weight is 146 g/mol. The summed E-state index contributed by atoms with van der Waals surface area (Å²) in [5.41, 5.74) is 5.91. The standard InChI is InChI=1S/C6H16N2.C2H6/c1-3-4-5-6-8-7-2;1-2/h7-8H,3-6H2,1-2H3;1-2H3. The van der Waals surface area contributed by atoms with Crippen molar-refractivity contribution in [3.63, 3.8) is 0 Å². The maximum Gasteiger partial charge on any atom is 0.00996 e. The predicted molar refractivity (Wildman–Crippen MR) is 47.9 cm³/mol. The van der Waals surface area contributed by atoms with Crippen LogP contribution in [0.5, 0.6) is 0 Å². The lowest BCUT2D eigenvalue weighted by Crippen LogP contribution is -2.28. The Morgan fingerprint density at radius 2 is 1.70 bits per heavy atom. The van der Waals surface area contributed by atoms with E-state index in [1.807, 2.05) is 20.9 Å². The number of hydrazine groups is 1. The molecule has 0 bridgehead atoms. The van der Waals surface area contributed by atoms with Gasteiger partial charge >= 0.3 is 0 Å². The van der Waals surface area contributed by atoms with Crippen LogP contribution < -0.4 is 10.9 Å². The highest BCUT2D eigenvalue weighted by molar-refractivity contribution is 4.39. The molecule has 0 spiro atoms. The largest absolute Gasteiger partial charge is 0.261 e. The van der Waals surface area contributed by atoms with Crippen LogP contribution in [0.4, 0.5) is 0 Å². The first-order valence-corrected chi connectivity index (χ1v) is 4.31. The maximum atomic E-state index is 3.03. The second-order valence-corrected chi connectivity index (χ2v) is 1.88. The normalized spacial score (nSPS) is 8.40. The summed E-state index contributed by atoms with van der Waals surface area (Å²) in [4.78, 5) is 0. The molecule has 0 unspecified atom stereocenters. The average Bonchev–Trinajstić information content (AvgIpc) is 2.02. The van der Waals surface area contributed by atoms with Crippen molar-refractivity contribution in [1.29, 1.82) is 0 Å². The molecule has 0 saturated carbocycles. The summed E-state index contributed by atoms with van der Waals surface area (Å²) in [7, 11) is 1.89. The Balaban J connectivity index is 0. The van der Waals surface area contributed by atoms with E-state index < -0.39 is 0 Å². The van der Waals surface area contributed by atoms with E-state index >= 15 is 0 Å². The van der Waals surface area contributed by atoms with Crippen LogP contribution in [0.2, 0.25) is 0 Å². The van der Waals surface area contributed by atoms with Crippen molar-refractivity contribution in [2.75, 3.05) is 13.6 Å². The Morgan fingerprint density at radius 3 is 2.10 bits per heavy atom. The summed E-state index contributed by atoms with van der Waals surface area (Å²) >= 11 is 0. The van der Waals surface area contributed by atoms with E-state index in [4.69, 9.17) is 0 Å². The fourth-order valence-electron chi connectivity index (χ4n) is 0.588. The first-order chi connectivity index (χ1) is 4.91. The molecule has 0 saturated heterocycles. The van der Waals surface area contributed by atoms with E-state index in [9.17, 15) is 0 Å². The molecule has 10 heavy (non-hydrogen) atoms. The lowest BCUT2D eigenvalue weighted by molar-refractivity contribution is 0.557. The minimum atomic E-state index is 1.09. The van der Waals surface area contributed by atoms with Crippen molar-refractivity contribution in [2.24, 2.45) is 0 Å². The van der Waals surface area contributed by atoms with Gasteiger partial charge in [0.25, 0.3) is 0 Å². The number of hydrogen-bond acceptors (Lipinski definition) is 2. The summed E-state index contributed by atoms with van der Waals surface area (Å²) in [6.07, 6.45) is 3.90. The van der Waals surface area contributed by atoms with Crippen LogP contribution in [0.25, 0.3) is 0 Å². The topological polar surface area (TPSA) is 24.1 Å². The number of unbranched alkanes of at least 4 members (excludes halogenated alkanes) is 2. The third-order valence-electron chi connectivity index (χ3n) is 1.08. The zero-order valence-corrected chi connectivity index (χ0v) is 7.83. The van der Waals surface area contributed by atoms with Gasteiger partial charge in [-0.15, -0.1) is 0 Å². The minimum Gasteiger partial charge on any atom is -0.261 e. The maximum absolute atomic E-state index is 3.03. The van der Waals surface area contributed by atoms with Crippen LogP contribution in [-0.2, 0) is 0 Å². The summed E-state index contributed by atoms with van der Waals surface area (Å²) in [6.45, 7) is 7.30. The van der Waals surface area contributed by atoms with Gasteiger partial charge in [0.2, 0.25) is 0 Å². The van der Waals surface area contributed by atoms with Gasteiger partial charge in [0, 0.05) is 6.54 Å². The Bertz CT molecular complexity index is 32.2. The summed E-state index contributed by atoms with van der Waals surface area (Å²) in [5, 5.41) is 0. The van der Waals surface area contributed by atoms with Gasteiger partial charge in [-0.05, 0) is 13.5 Å². The molecular formula is C8H22N2. The zero-order chi connectivity index (χ0) is 8.24. The molecule has 0 aromatic rings. The molecule has 2 heteroatoms. The molecule has 0 atom stereocenters. The highest BCUT2D eigenvalue weighted by Gasteiger charge is 1.81. The summed E-state index contributed by atoms with van der Waals surface area (Å²) in [5.74, 6) is 0. The quantitative estimate of drug-likeness (QED) is 0.457. The van der Waals surface area contributed by atoms with Gasteiger partial charge in [0.15, 0.2) is 0 Å². The molecule has 0 aliphatic heterocycles. The molecule has 64 valence electrons. The van der Waals surface area contributed by atoms with Crippen LogP contribution >= 0.6 is 0 Å². The van der Waals surface area contributed by atoms with E-state index in [-0.39, 0.29) is 0 Å². The zero-order valence-electron chi connectivity index (χ0n) is 7.83. The molecule has 2 nitrogen and oxygen atoms in total. The second-order valence-electron chi connectivity index (χ2n) is 1.88. The molecule has 0 aromatic heterocycles. The lowest BCUT2D eigenvalue weighted by Gasteiger charge is -1.98. The third-order valence-corrected chi connectivity index (χ3v) is 1.08. The van der Waals surface area contributed by atoms with E-state index in [1.54, 1.807) is 0 Å². The van der Waals surface area contributed by atoms with Crippen molar-refractivity contribution in [2.45, 2.75) is 40.0 Å². The summed E-state index contributed by atoms with van der Waals surface area (Å²) in [6, 6.07) is 0. The van der Waals surface area contributed by atoms with Gasteiger partial charge in [-0.3, -0.25) is 10.9 Å². The van der Waals surface area contributed by atoms with E-state index in [0.717, 1.165) is 6.54 Å².